The third kappa shape index (κ3) is 4.35. The van der Waals surface area contributed by atoms with Crippen molar-refractivity contribution < 1.29 is 14.3 Å². The van der Waals surface area contributed by atoms with Gasteiger partial charge in [0.2, 0.25) is 5.91 Å². The minimum atomic E-state index is -0.267. The summed E-state index contributed by atoms with van der Waals surface area (Å²) in [6.07, 6.45) is 6.75. The lowest BCUT2D eigenvalue weighted by atomic mass is 10.2. The molecule has 0 spiro atoms. The van der Waals surface area contributed by atoms with Crippen LogP contribution in [0.25, 0.3) is 16.8 Å². The number of methoxy groups -OCH3 is 2. The smallest absolute Gasteiger partial charge is 0.250 e. The fraction of sp³-hybridized carbons (Fsp3) is 0.211. The Bertz CT molecular complexity index is 969. The number of nitrogens with one attached hydrogen (secondary N) is 1. The van der Waals surface area contributed by atoms with E-state index >= 15 is 0 Å². The Labute approximate surface area is 161 Å². The lowest BCUT2D eigenvalue weighted by molar-refractivity contribution is -0.111. The maximum Gasteiger partial charge on any atom is 0.250 e. The van der Waals surface area contributed by atoms with E-state index in [1.165, 1.54) is 17.4 Å². The van der Waals surface area contributed by atoms with Crippen molar-refractivity contribution in [2.24, 2.45) is 7.05 Å². The molecule has 3 aromatic rings. The number of hydrogen-bond donors (Lipinski definition) is 1. The molecule has 0 aliphatic carbocycles. The van der Waals surface area contributed by atoms with Crippen LogP contribution in [0.15, 0.2) is 36.7 Å². The van der Waals surface area contributed by atoms with E-state index in [0.717, 1.165) is 22.0 Å². The van der Waals surface area contributed by atoms with Crippen LogP contribution in [0.4, 0.5) is 5.13 Å². The zero-order chi connectivity index (χ0) is 19.4. The monoisotopic (exact) mass is 384 g/mol. The molecule has 0 unspecified atom stereocenters. The number of hydrogen-bond acceptors (Lipinski definition) is 6. The van der Waals surface area contributed by atoms with Crippen LogP contribution < -0.4 is 14.8 Å². The van der Waals surface area contributed by atoms with Gasteiger partial charge in [0, 0.05) is 31.6 Å². The number of nitrogens with zero attached hydrogens (tertiary/aromatic N) is 3. The summed E-state index contributed by atoms with van der Waals surface area (Å²) in [5.41, 5.74) is 1.62. The average molecular weight is 384 g/mol. The topological polar surface area (TPSA) is 78.3 Å². The highest BCUT2D eigenvalue weighted by molar-refractivity contribution is 7.19. The lowest BCUT2D eigenvalue weighted by Gasteiger charge is -2.05. The van der Waals surface area contributed by atoms with E-state index in [9.17, 15) is 4.79 Å². The summed E-state index contributed by atoms with van der Waals surface area (Å²) in [5.74, 6) is 1.87. The number of rotatable bonds is 6. The van der Waals surface area contributed by atoms with Crippen LogP contribution in [0.2, 0.25) is 0 Å². The fourth-order valence-electron chi connectivity index (χ4n) is 2.49. The van der Waals surface area contributed by atoms with Crippen molar-refractivity contribution in [2.45, 2.75) is 6.92 Å². The Morgan fingerprint density at radius 1 is 1.22 bits per heavy atom. The normalized spacial score (nSPS) is 11.0. The van der Waals surface area contributed by atoms with Crippen molar-refractivity contribution >= 4 is 28.5 Å². The minimum absolute atomic E-state index is 0.267. The van der Waals surface area contributed by atoms with Gasteiger partial charge in [0.05, 0.1) is 24.8 Å². The van der Waals surface area contributed by atoms with E-state index < -0.39 is 0 Å². The van der Waals surface area contributed by atoms with Crippen LogP contribution >= 0.6 is 11.3 Å². The number of carbonyl (C=O) groups is 1. The predicted molar refractivity (Wildman–Crippen MR) is 106 cm³/mol. The number of benzene rings is 1. The zero-order valence-corrected chi connectivity index (χ0v) is 16.3. The maximum atomic E-state index is 12.3. The Morgan fingerprint density at radius 3 is 2.52 bits per heavy atom. The molecular formula is C19H20N4O3S. The summed E-state index contributed by atoms with van der Waals surface area (Å²) in [7, 11) is 5.09. The molecule has 0 saturated heterocycles. The van der Waals surface area contributed by atoms with Crippen molar-refractivity contribution in [3.8, 4) is 22.2 Å². The second-order valence-electron chi connectivity index (χ2n) is 5.76. The third-order valence-corrected chi connectivity index (χ3v) is 4.92. The third-order valence-electron chi connectivity index (χ3n) is 3.85. The molecule has 1 aromatic carbocycles. The molecule has 2 aromatic heterocycles. The van der Waals surface area contributed by atoms with Crippen molar-refractivity contribution in [1.29, 1.82) is 0 Å². The largest absolute Gasteiger partial charge is 0.497 e. The lowest BCUT2D eigenvalue weighted by Crippen LogP contribution is -2.07. The van der Waals surface area contributed by atoms with Crippen molar-refractivity contribution in [3.05, 3.63) is 47.9 Å². The first-order valence-electron chi connectivity index (χ1n) is 8.17. The molecule has 2 heterocycles. The van der Waals surface area contributed by atoms with E-state index in [1.54, 1.807) is 32.6 Å². The molecule has 1 N–H and O–H groups in total. The Balaban J connectivity index is 1.73. The number of amides is 1. The van der Waals surface area contributed by atoms with Crippen LogP contribution in [-0.2, 0) is 11.8 Å². The minimum Gasteiger partial charge on any atom is -0.497 e. The van der Waals surface area contributed by atoms with Gasteiger partial charge in [0.25, 0.3) is 0 Å². The second-order valence-corrected chi connectivity index (χ2v) is 6.76. The predicted octanol–water partition coefficient (Wildman–Crippen LogP) is 3.52. The van der Waals surface area contributed by atoms with Gasteiger partial charge in [-0.05, 0) is 30.7 Å². The maximum absolute atomic E-state index is 12.3. The van der Waals surface area contributed by atoms with Gasteiger partial charge in [-0.25, -0.2) is 9.97 Å². The summed E-state index contributed by atoms with van der Waals surface area (Å²) in [4.78, 5) is 21.9. The van der Waals surface area contributed by atoms with Gasteiger partial charge in [-0.1, -0.05) is 11.3 Å². The van der Waals surface area contributed by atoms with Gasteiger partial charge in [0.1, 0.15) is 11.5 Å². The quantitative estimate of drug-likeness (QED) is 0.658. The van der Waals surface area contributed by atoms with Crippen molar-refractivity contribution in [2.75, 3.05) is 19.5 Å². The summed E-state index contributed by atoms with van der Waals surface area (Å²) in [6, 6.07) is 5.41. The molecule has 27 heavy (non-hydrogen) atoms. The molecule has 0 radical (unpaired) electrons. The van der Waals surface area contributed by atoms with Gasteiger partial charge in [0.15, 0.2) is 11.0 Å². The number of aryl methyl sites for hydroxylation is 2. The van der Waals surface area contributed by atoms with Crippen LogP contribution in [0.5, 0.6) is 11.5 Å². The SMILES string of the molecule is COc1cc(/C=C/C(=O)Nc2nc(C)c(-c3nccn3C)s2)cc(OC)c1. The summed E-state index contributed by atoms with van der Waals surface area (Å²) in [6.45, 7) is 1.90. The van der Waals surface area contributed by atoms with Crippen LogP contribution in [-0.4, -0.2) is 34.7 Å². The summed E-state index contributed by atoms with van der Waals surface area (Å²) in [5, 5.41) is 3.33. The van der Waals surface area contributed by atoms with Gasteiger partial charge in [-0.15, -0.1) is 0 Å². The molecule has 0 fully saturated rings. The molecule has 140 valence electrons. The second kappa shape index (κ2) is 8.05. The van der Waals surface area contributed by atoms with Crippen molar-refractivity contribution in [1.82, 2.24) is 14.5 Å². The molecule has 0 saturated carbocycles. The van der Waals surface area contributed by atoms with E-state index in [4.69, 9.17) is 9.47 Å². The van der Waals surface area contributed by atoms with Gasteiger partial charge in [-0.2, -0.15) is 0 Å². The first-order valence-corrected chi connectivity index (χ1v) is 8.99. The Morgan fingerprint density at radius 2 is 1.93 bits per heavy atom. The van der Waals surface area contributed by atoms with E-state index in [-0.39, 0.29) is 5.91 Å². The molecule has 1 amide bonds. The fourth-order valence-corrected chi connectivity index (χ4v) is 3.50. The van der Waals surface area contributed by atoms with Crippen LogP contribution in [0.3, 0.4) is 0 Å². The van der Waals surface area contributed by atoms with E-state index in [0.29, 0.717) is 16.6 Å². The first-order chi connectivity index (χ1) is 13.0. The van der Waals surface area contributed by atoms with Crippen molar-refractivity contribution in [3.63, 3.8) is 0 Å². The number of imidazole rings is 1. The number of aromatic nitrogens is 3. The Kier molecular flexibility index (Phi) is 5.56. The van der Waals surface area contributed by atoms with Gasteiger partial charge >= 0.3 is 0 Å². The highest BCUT2D eigenvalue weighted by Gasteiger charge is 2.14. The molecule has 0 aliphatic rings. The molecule has 0 aliphatic heterocycles. The number of carbonyl (C=O) groups excluding carboxylic acids is 1. The molecule has 7 nitrogen and oxygen atoms in total. The number of anilines is 1. The van der Waals surface area contributed by atoms with Gasteiger partial charge < -0.3 is 14.0 Å². The zero-order valence-electron chi connectivity index (χ0n) is 15.5. The highest BCUT2D eigenvalue weighted by atomic mass is 32.1. The molecule has 8 heteroatoms. The summed E-state index contributed by atoms with van der Waals surface area (Å²) < 4.78 is 12.4. The highest BCUT2D eigenvalue weighted by Crippen LogP contribution is 2.31. The molecule has 0 atom stereocenters. The van der Waals surface area contributed by atoms with E-state index in [1.807, 2.05) is 36.9 Å². The van der Waals surface area contributed by atoms with Crippen LogP contribution in [0, 0.1) is 6.92 Å². The average Bonchev–Trinajstić information content (AvgIpc) is 3.24. The molecule has 0 bridgehead atoms. The van der Waals surface area contributed by atoms with Crippen LogP contribution in [0.1, 0.15) is 11.3 Å². The Hall–Kier alpha value is -3.13. The van der Waals surface area contributed by atoms with E-state index in [2.05, 4.69) is 15.3 Å². The molecule has 3 rings (SSSR count). The standard InChI is InChI=1S/C19H20N4O3S/c1-12-17(18-20-7-8-23(18)2)27-19(21-12)22-16(24)6-5-13-9-14(25-3)11-15(10-13)26-4/h5-11H,1-4H3,(H,21,22,24)/b6-5+. The summed E-state index contributed by atoms with van der Waals surface area (Å²) >= 11 is 1.39. The molecular weight excluding hydrogens is 364 g/mol. The first kappa shape index (κ1) is 18.7. The number of thiazole rings is 1. The number of ether oxygens (including phenoxy) is 2. The van der Waals surface area contributed by atoms with Gasteiger partial charge in [-0.3, -0.25) is 10.1 Å².